The van der Waals surface area contributed by atoms with Crippen molar-refractivity contribution >= 4 is 28.3 Å². The minimum Gasteiger partial charge on any atom is -0.373 e. The van der Waals surface area contributed by atoms with Crippen LogP contribution < -0.4 is 5.73 Å². The lowest BCUT2D eigenvalue weighted by molar-refractivity contribution is 0.00664. The van der Waals surface area contributed by atoms with E-state index in [1.807, 2.05) is 12.1 Å². The fourth-order valence-corrected chi connectivity index (χ4v) is 2.18. The van der Waals surface area contributed by atoms with Crippen molar-refractivity contribution in [2.45, 2.75) is 25.0 Å². The zero-order chi connectivity index (χ0) is 9.97. The minimum atomic E-state index is 0. The van der Waals surface area contributed by atoms with Crippen molar-refractivity contribution in [1.82, 2.24) is 0 Å². The van der Waals surface area contributed by atoms with Crippen molar-refractivity contribution in [1.29, 1.82) is 0 Å². The molecular formula is C11H15BrClNO. The van der Waals surface area contributed by atoms with Crippen LogP contribution in [0.2, 0.25) is 0 Å². The van der Waals surface area contributed by atoms with Gasteiger partial charge in [0.1, 0.15) is 0 Å². The van der Waals surface area contributed by atoms with E-state index < -0.39 is 0 Å². The molecule has 1 saturated heterocycles. The van der Waals surface area contributed by atoms with Crippen LogP contribution in [0.4, 0.5) is 0 Å². The van der Waals surface area contributed by atoms with Gasteiger partial charge >= 0.3 is 0 Å². The summed E-state index contributed by atoms with van der Waals surface area (Å²) in [5.74, 6) is 0. The molecule has 1 heterocycles. The Labute approximate surface area is 105 Å². The third-order valence-corrected chi connectivity index (χ3v) is 3.04. The van der Waals surface area contributed by atoms with E-state index in [9.17, 15) is 0 Å². The van der Waals surface area contributed by atoms with E-state index in [1.165, 1.54) is 5.56 Å². The standard InChI is InChI=1S/C11H14BrNO.ClH/c12-9-3-1-2-8(6-9)11-7-10(13)4-5-14-11;/h1-3,6,10-11H,4-5,7,13H2;1H/t10-,11+;/m1./s1. The number of nitrogens with two attached hydrogens (primary N) is 1. The molecule has 0 unspecified atom stereocenters. The van der Waals surface area contributed by atoms with Crippen LogP contribution in [0.1, 0.15) is 24.5 Å². The molecule has 0 aromatic heterocycles. The maximum absolute atomic E-state index is 5.91. The quantitative estimate of drug-likeness (QED) is 0.863. The number of rotatable bonds is 1. The van der Waals surface area contributed by atoms with Crippen molar-refractivity contribution in [2.75, 3.05) is 6.61 Å². The van der Waals surface area contributed by atoms with E-state index in [2.05, 4.69) is 28.1 Å². The van der Waals surface area contributed by atoms with Crippen molar-refractivity contribution in [3.05, 3.63) is 34.3 Å². The predicted molar refractivity (Wildman–Crippen MR) is 67.3 cm³/mol. The Hall–Kier alpha value is -0.0900. The summed E-state index contributed by atoms with van der Waals surface area (Å²) < 4.78 is 6.78. The summed E-state index contributed by atoms with van der Waals surface area (Å²) in [6.45, 7) is 0.776. The first kappa shape index (κ1) is 13.0. The second-order valence-corrected chi connectivity index (χ2v) is 4.61. The summed E-state index contributed by atoms with van der Waals surface area (Å²) in [4.78, 5) is 0. The zero-order valence-electron chi connectivity index (χ0n) is 8.36. The van der Waals surface area contributed by atoms with Crippen molar-refractivity contribution in [3.8, 4) is 0 Å². The van der Waals surface area contributed by atoms with Crippen molar-refractivity contribution < 1.29 is 4.74 Å². The van der Waals surface area contributed by atoms with Gasteiger partial charge in [0.05, 0.1) is 6.10 Å². The lowest BCUT2D eigenvalue weighted by Gasteiger charge is -2.27. The van der Waals surface area contributed by atoms with E-state index in [-0.39, 0.29) is 24.6 Å². The Balaban J connectivity index is 0.00000112. The molecule has 1 aromatic carbocycles. The molecule has 2 nitrogen and oxygen atoms in total. The zero-order valence-corrected chi connectivity index (χ0v) is 10.8. The van der Waals surface area contributed by atoms with Gasteiger partial charge in [0.15, 0.2) is 0 Å². The molecule has 0 spiro atoms. The predicted octanol–water partition coefficient (Wildman–Crippen LogP) is 3.05. The molecule has 2 atom stereocenters. The highest BCUT2D eigenvalue weighted by Gasteiger charge is 2.21. The molecule has 0 amide bonds. The van der Waals surface area contributed by atoms with Gasteiger partial charge in [-0.25, -0.2) is 0 Å². The second-order valence-electron chi connectivity index (χ2n) is 3.70. The number of halogens is 2. The van der Waals surface area contributed by atoms with Gasteiger partial charge in [-0.15, -0.1) is 12.4 Å². The van der Waals surface area contributed by atoms with E-state index in [0.717, 1.165) is 23.9 Å². The first-order chi connectivity index (χ1) is 6.75. The molecule has 1 aliphatic rings. The summed E-state index contributed by atoms with van der Waals surface area (Å²) in [6, 6.07) is 8.53. The molecule has 1 fully saturated rings. The van der Waals surface area contributed by atoms with Gasteiger partial charge in [0.2, 0.25) is 0 Å². The molecule has 1 aromatic rings. The van der Waals surface area contributed by atoms with Gasteiger partial charge < -0.3 is 10.5 Å². The van der Waals surface area contributed by atoms with Gasteiger partial charge in [-0.3, -0.25) is 0 Å². The third kappa shape index (κ3) is 3.45. The molecule has 0 saturated carbocycles. The Morgan fingerprint density at radius 3 is 2.87 bits per heavy atom. The lowest BCUT2D eigenvalue weighted by Crippen LogP contribution is -2.30. The summed E-state index contributed by atoms with van der Waals surface area (Å²) in [5.41, 5.74) is 7.13. The molecule has 2 rings (SSSR count). The number of hydrogen-bond donors (Lipinski definition) is 1. The fraction of sp³-hybridized carbons (Fsp3) is 0.455. The van der Waals surface area contributed by atoms with Crippen LogP contribution in [-0.4, -0.2) is 12.6 Å². The summed E-state index contributed by atoms with van der Waals surface area (Å²) >= 11 is 3.46. The van der Waals surface area contributed by atoms with Gasteiger partial charge in [0.25, 0.3) is 0 Å². The molecule has 0 bridgehead atoms. The van der Waals surface area contributed by atoms with Gasteiger partial charge in [0, 0.05) is 17.1 Å². The average molecular weight is 293 g/mol. The molecular weight excluding hydrogens is 277 g/mol. The van der Waals surface area contributed by atoms with E-state index in [1.54, 1.807) is 0 Å². The molecule has 0 aliphatic carbocycles. The monoisotopic (exact) mass is 291 g/mol. The van der Waals surface area contributed by atoms with E-state index in [0.29, 0.717) is 0 Å². The number of ether oxygens (including phenoxy) is 1. The van der Waals surface area contributed by atoms with E-state index >= 15 is 0 Å². The van der Waals surface area contributed by atoms with Crippen LogP contribution in [0.3, 0.4) is 0 Å². The third-order valence-electron chi connectivity index (χ3n) is 2.54. The highest BCUT2D eigenvalue weighted by atomic mass is 79.9. The lowest BCUT2D eigenvalue weighted by atomic mass is 9.98. The number of benzene rings is 1. The highest BCUT2D eigenvalue weighted by molar-refractivity contribution is 9.10. The van der Waals surface area contributed by atoms with Gasteiger partial charge in [-0.2, -0.15) is 0 Å². The Kier molecular flexibility index (Phi) is 5.06. The van der Waals surface area contributed by atoms with Crippen LogP contribution >= 0.6 is 28.3 Å². The minimum absolute atomic E-state index is 0. The SMILES string of the molecule is Cl.N[C@@H]1CCO[C@H](c2cccc(Br)c2)C1. The maximum Gasteiger partial charge on any atom is 0.0840 e. The fourth-order valence-electron chi connectivity index (χ4n) is 1.76. The highest BCUT2D eigenvalue weighted by Crippen LogP contribution is 2.28. The molecule has 15 heavy (non-hydrogen) atoms. The average Bonchev–Trinajstić information content (AvgIpc) is 2.18. The molecule has 4 heteroatoms. The first-order valence-electron chi connectivity index (χ1n) is 4.88. The topological polar surface area (TPSA) is 35.2 Å². The number of hydrogen-bond acceptors (Lipinski definition) is 2. The maximum atomic E-state index is 5.91. The smallest absolute Gasteiger partial charge is 0.0840 e. The van der Waals surface area contributed by atoms with Crippen LogP contribution in [-0.2, 0) is 4.74 Å². The first-order valence-corrected chi connectivity index (χ1v) is 5.67. The van der Waals surface area contributed by atoms with E-state index in [4.69, 9.17) is 10.5 Å². The van der Waals surface area contributed by atoms with Crippen LogP contribution in [0.25, 0.3) is 0 Å². The second kappa shape index (κ2) is 5.85. The van der Waals surface area contributed by atoms with Gasteiger partial charge in [-0.1, -0.05) is 28.1 Å². The van der Waals surface area contributed by atoms with Crippen molar-refractivity contribution in [2.24, 2.45) is 5.73 Å². The van der Waals surface area contributed by atoms with Crippen LogP contribution in [0.5, 0.6) is 0 Å². The summed E-state index contributed by atoms with van der Waals surface area (Å²) in [7, 11) is 0. The molecule has 84 valence electrons. The largest absolute Gasteiger partial charge is 0.373 e. The molecule has 2 N–H and O–H groups in total. The van der Waals surface area contributed by atoms with Gasteiger partial charge in [-0.05, 0) is 30.5 Å². The Morgan fingerprint density at radius 2 is 2.20 bits per heavy atom. The van der Waals surface area contributed by atoms with Crippen LogP contribution in [0.15, 0.2) is 28.7 Å². The summed E-state index contributed by atoms with van der Waals surface area (Å²) in [6.07, 6.45) is 2.08. The molecule has 0 radical (unpaired) electrons. The van der Waals surface area contributed by atoms with Crippen molar-refractivity contribution in [3.63, 3.8) is 0 Å². The Morgan fingerprint density at radius 1 is 1.40 bits per heavy atom. The van der Waals surface area contributed by atoms with Crippen LogP contribution in [0, 0.1) is 0 Å². The normalized spacial score (nSPS) is 25.7. The molecule has 1 aliphatic heterocycles. The Bertz CT molecular complexity index is 321. The summed E-state index contributed by atoms with van der Waals surface area (Å²) in [5, 5.41) is 0.